The van der Waals surface area contributed by atoms with E-state index in [1.807, 2.05) is 13.1 Å². The van der Waals surface area contributed by atoms with Gasteiger partial charge in [0.2, 0.25) is 0 Å². The maximum atomic E-state index is 4.73. The fourth-order valence-electron chi connectivity index (χ4n) is 2.53. The SMILES string of the molecule is CCc1cc(NC)nc(C2CN(C)CCCN2C)n1. The minimum Gasteiger partial charge on any atom is -0.373 e. The third-order valence-electron chi connectivity index (χ3n) is 3.78. The van der Waals surface area contributed by atoms with Crippen LogP contribution in [0.15, 0.2) is 6.07 Å². The monoisotopic (exact) mass is 263 g/mol. The minimum absolute atomic E-state index is 0.283. The molecule has 1 aliphatic rings. The number of aromatic nitrogens is 2. The van der Waals surface area contributed by atoms with E-state index in [2.05, 4.69) is 41.1 Å². The van der Waals surface area contributed by atoms with Crippen LogP contribution in [-0.4, -0.2) is 60.5 Å². The molecule has 1 aromatic rings. The molecule has 0 radical (unpaired) electrons. The van der Waals surface area contributed by atoms with Gasteiger partial charge in [-0.15, -0.1) is 0 Å². The van der Waals surface area contributed by atoms with Gasteiger partial charge in [-0.25, -0.2) is 9.97 Å². The average Bonchev–Trinajstić information content (AvgIpc) is 2.59. The van der Waals surface area contributed by atoms with Crippen molar-refractivity contribution in [2.45, 2.75) is 25.8 Å². The van der Waals surface area contributed by atoms with Crippen LogP contribution in [0.3, 0.4) is 0 Å². The van der Waals surface area contributed by atoms with Crippen molar-refractivity contribution >= 4 is 5.82 Å². The van der Waals surface area contributed by atoms with E-state index in [9.17, 15) is 0 Å². The van der Waals surface area contributed by atoms with E-state index >= 15 is 0 Å². The highest BCUT2D eigenvalue weighted by atomic mass is 15.2. The number of hydrogen-bond acceptors (Lipinski definition) is 5. The van der Waals surface area contributed by atoms with Gasteiger partial charge in [-0.2, -0.15) is 0 Å². The molecule has 1 aromatic heterocycles. The molecule has 1 unspecified atom stereocenters. The van der Waals surface area contributed by atoms with Gasteiger partial charge in [-0.1, -0.05) is 6.92 Å². The van der Waals surface area contributed by atoms with Gasteiger partial charge in [0, 0.05) is 25.4 Å². The maximum Gasteiger partial charge on any atom is 0.149 e. The van der Waals surface area contributed by atoms with Gasteiger partial charge >= 0.3 is 0 Å². The first-order chi connectivity index (χ1) is 9.13. The molecule has 0 saturated carbocycles. The molecule has 1 atom stereocenters. The molecule has 19 heavy (non-hydrogen) atoms. The summed E-state index contributed by atoms with van der Waals surface area (Å²) >= 11 is 0. The number of hydrogen-bond donors (Lipinski definition) is 1. The Morgan fingerprint density at radius 3 is 2.79 bits per heavy atom. The van der Waals surface area contributed by atoms with Crippen LogP contribution in [0.2, 0.25) is 0 Å². The summed E-state index contributed by atoms with van der Waals surface area (Å²) in [7, 11) is 6.26. The summed E-state index contributed by atoms with van der Waals surface area (Å²) in [6, 6.07) is 2.32. The van der Waals surface area contributed by atoms with Crippen molar-refractivity contribution < 1.29 is 0 Å². The Labute approximate surface area is 116 Å². The lowest BCUT2D eigenvalue weighted by molar-refractivity contribution is 0.219. The van der Waals surface area contributed by atoms with Gasteiger partial charge in [-0.05, 0) is 40.0 Å². The molecular weight excluding hydrogens is 238 g/mol. The third-order valence-corrected chi connectivity index (χ3v) is 3.78. The Bertz CT molecular complexity index is 398. The first-order valence-electron chi connectivity index (χ1n) is 7.08. The summed E-state index contributed by atoms with van der Waals surface area (Å²) in [6.45, 7) is 5.37. The van der Waals surface area contributed by atoms with E-state index in [0.717, 1.165) is 43.4 Å². The smallest absolute Gasteiger partial charge is 0.149 e. The number of nitrogens with one attached hydrogen (secondary N) is 1. The normalized spacial score (nSPS) is 22.2. The summed E-state index contributed by atoms with van der Waals surface area (Å²) in [5.41, 5.74) is 1.11. The summed E-state index contributed by atoms with van der Waals surface area (Å²) in [4.78, 5) is 14.1. The topological polar surface area (TPSA) is 44.3 Å². The molecule has 2 heterocycles. The Hall–Kier alpha value is -1.20. The Kier molecular flexibility index (Phi) is 4.71. The Morgan fingerprint density at radius 1 is 1.32 bits per heavy atom. The van der Waals surface area contributed by atoms with Crippen LogP contribution in [0.5, 0.6) is 0 Å². The fourth-order valence-corrected chi connectivity index (χ4v) is 2.53. The molecule has 0 bridgehead atoms. The molecule has 5 nitrogen and oxygen atoms in total. The Morgan fingerprint density at radius 2 is 2.11 bits per heavy atom. The van der Waals surface area contributed by atoms with Gasteiger partial charge in [0.1, 0.15) is 11.6 Å². The molecule has 106 valence electrons. The molecule has 0 aromatic carbocycles. The predicted molar refractivity (Wildman–Crippen MR) is 78.4 cm³/mol. The van der Waals surface area contributed by atoms with Crippen LogP contribution in [0, 0.1) is 0 Å². The standard InChI is InChI=1S/C14H25N5/c1-5-11-9-13(15-2)17-14(16-11)12-10-18(3)7-6-8-19(12)4/h9,12H,5-8,10H2,1-4H3,(H,15,16,17). The summed E-state index contributed by atoms with van der Waals surface area (Å²) in [5.74, 6) is 1.86. The fraction of sp³-hybridized carbons (Fsp3) is 0.714. The van der Waals surface area contributed by atoms with Crippen molar-refractivity contribution in [1.82, 2.24) is 19.8 Å². The van der Waals surface area contributed by atoms with E-state index in [4.69, 9.17) is 4.98 Å². The zero-order chi connectivity index (χ0) is 13.8. The highest BCUT2D eigenvalue weighted by Crippen LogP contribution is 2.22. The van der Waals surface area contributed by atoms with Crippen LogP contribution in [-0.2, 0) is 6.42 Å². The van der Waals surface area contributed by atoms with Crippen LogP contribution >= 0.6 is 0 Å². The first kappa shape index (κ1) is 14.2. The van der Waals surface area contributed by atoms with Gasteiger partial charge in [0.15, 0.2) is 0 Å². The molecule has 1 N–H and O–H groups in total. The second-order valence-corrected chi connectivity index (χ2v) is 5.32. The maximum absolute atomic E-state index is 4.73. The van der Waals surface area contributed by atoms with Crippen LogP contribution in [0.4, 0.5) is 5.82 Å². The van der Waals surface area contributed by atoms with Crippen LogP contribution in [0.1, 0.15) is 30.9 Å². The first-order valence-corrected chi connectivity index (χ1v) is 7.08. The zero-order valence-electron chi connectivity index (χ0n) is 12.5. The lowest BCUT2D eigenvalue weighted by Crippen LogP contribution is -2.32. The van der Waals surface area contributed by atoms with Gasteiger partial charge in [-0.3, -0.25) is 4.90 Å². The highest BCUT2D eigenvalue weighted by molar-refractivity contribution is 5.35. The highest BCUT2D eigenvalue weighted by Gasteiger charge is 2.25. The predicted octanol–water partition coefficient (Wildman–Crippen LogP) is 1.39. The molecule has 0 amide bonds. The Balaban J connectivity index is 2.32. The molecule has 1 fully saturated rings. The lowest BCUT2D eigenvalue weighted by Gasteiger charge is -2.26. The minimum atomic E-state index is 0.283. The molecule has 1 saturated heterocycles. The van der Waals surface area contributed by atoms with Crippen molar-refractivity contribution in [2.24, 2.45) is 0 Å². The molecule has 0 spiro atoms. The van der Waals surface area contributed by atoms with Crippen LogP contribution in [0.25, 0.3) is 0 Å². The van der Waals surface area contributed by atoms with E-state index in [0.29, 0.717) is 0 Å². The molecule has 5 heteroatoms. The number of rotatable bonds is 3. The van der Waals surface area contributed by atoms with Crippen molar-refractivity contribution in [3.8, 4) is 0 Å². The lowest BCUT2D eigenvalue weighted by atomic mass is 10.2. The van der Waals surface area contributed by atoms with Gasteiger partial charge in [0.05, 0.1) is 6.04 Å². The van der Waals surface area contributed by atoms with Crippen molar-refractivity contribution in [3.63, 3.8) is 0 Å². The average molecular weight is 263 g/mol. The van der Waals surface area contributed by atoms with E-state index in [1.54, 1.807) is 0 Å². The zero-order valence-corrected chi connectivity index (χ0v) is 12.5. The molecular formula is C14H25N5. The third kappa shape index (κ3) is 3.42. The number of anilines is 1. The van der Waals surface area contributed by atoms with E-state index in [1.165, 1.54) is 6.42 Å². The molecule has 1 aliphatic heterocycles. The molecule has 0 aliphatic carbocycles. The summed E-state index contributed by atoms with van der Waals surface area (Å²) in [5, 5.41) is 3.14. The van der Waals surface area contributed by atoms with Crippen molar-refractivity contribution in [1.29, 1.82) is 0 Å². The van der Waals surface area contributed by atoms with Crippen molar-refractivity contribution in [3.05, 3.63) is 17.6 Å². The quantitative estimate of drug-likeness (QED) is 0.893. The second-order valence-electron chi connectivity index (χ2n) is 5.32. The number of aryl methyl sites for hydroxylation is 1. The molecule has 2 rings (SSSR count). The largest absolute Gasteiger partial charge is 0.373 e. The second kappa shape index (κ2) is 6.30. The van der Waals surface area contributed by atoms with E-state index in [-0.39, 0.29) is 6.04 Å². The van der Waals surface area contributed by atoms with Crippen LogP contribution < -0.4 is 5.32 Å². The summed E-state index contributed by atoms with van der Waals surface area (Å²) < 4.78 is 0. The number of nitrogens with zero attached hydrogens (tertiary/aromatic N) is 4. The summed E-state index contributed by atoms with van der Waals surface area (Å²) in [6.07, 6.45) is 2.15. The van der Waals surface area contributed by atoms with Gasteiger partial charge in [0.25, 0.3) is 0 Å². The van der Waals surface area contributed by atoms with Crippen molar-refractivity contribution in [2.75, 3.05) is 46.1 Å². The van der Waals surface area contributed by atoms with Gasteiger partial charge < -0.3 is 10.2 Å². The van der Waals surface area contributed by atoms with E-state index < -0.39 is 0 Å². The number of likely N-dealkylation sites (N-methyl/N-ethyl adjacent to an activating group) is 2.